The molecule has 0 saturated heterocycles. The summed E-state index contributed by atoms with van der Waals surface area (Å²) < 4.78 is 5.60. The van der Waals surface area contributed by atoms with Crippen molar-refractivity contribution < 1.29 is 0 Å². The molecule has 0 fully saturated rings. The first-order valence-electron chi connectivity index (χ1n) is 8.51. The van der Waals surface area contributed by atoms with Crippen molar-refractivity contribution in [3.63, 3.8) is 0 Å². The van der Waals surface area contributed by atoms with Gasteiger partial charge in [-0.15, -0.1) is 0 Å². The maximum absolute atomic E-state index is 13.0. The molecule has 3 rings (SSSR count). The number of aryl methyl sites for hydroxylation is 1. The van der Waals surface area contributed by atoms with Crippen molar-refractivity contribution in [1.29, 1.82) is 0 Å². The second kappa shape index (κ2) is 7.55. The summed E-state index contributed by atoms with van der Waals surface area (Å²) in [5.74, 6) is 0. The van der Waals surface area contributed by atoms with E-state index in [1.54, 1.807) is 4.57 Å². The summed E-state index contributed by atoms with van der Waals surface area (Å²) in [6.45, 7) is 5.51. The summed E-state index contributed by atoms with van der Waals surface area (Å²) in [5.41, 5.74) is 1.58. The van der Waals surface area contributed by atoms with Crippen LogP contribution in [-0.2, 0) is 19.6 Å². The van der Waals surface area contributed by atoms with E-state index in [0.29, 0.717) is 34.6 Å². The summed E-state index contributed by atoms with van der Waals surface area (Å²) in [6, 6.07) is 9.96. The summed E-state index contributed by atoms with van der Waals surface area (Å²) in [6.07, 6.45) is 1.54. The van der Waals surface area contributed by atoms with Crippen molar-refractivity contribution in [3.05, 3.63) is 60.6 Å². The molecule has 1 aromatic carbocycles. The number of halogens is 1. The zero-order valence-corrected chi connectivity index (χ0v) is 16.6. The fourth-order valence-electron chi connectivity index (χ4n) is 3.02. The van der Waals surface area contributed by atoms with E-state index in [4.69, 9.17) is 0 Å². The Kier molecular flexibility index (Phi) is 5.41. The Morgan fingerprint density at radius 1 is 0.960 bits per heavy atom. The van der Waals surface area contributed by atoms with Gasteiger partial charge in [0.25, 0.3) is 5.56 Å². The first-order valence-corrected chi connectivity index (χ1v) is 9.59. The van der Waals surface area contributed by atoms with E-state index in [0.717, 1.165) is 18.4 Å². The van der Waals surface area contributed by atoms with Crippen LogP contribution in [0, 0.1) is 3.83 Å². The van der Waals surface area contributed by atoms with E-state index < -0.39 is 0 Å². The Morgan fingerprint density at radius 2 is 1.60 bits per heavy atom. The van der Waals surface area contributed by atoms with Gasteiger partial charge in [-0.05, 0) is 18.4 Å². The fraction of sp³-hybridized carbons (Fsp3) is 0.389. The number of hydrogen-bond donors (Lipinski definition) is 0. The molecule has 3 aromatic rings. The first-order chi connectivity index (χ1) is 12.1. The van der Waals surface area contributed by atoms with E-state index in [9.17, 15) is 9.59 Å². The van der Waals surface area contributed by atoms with Crippen LogP contribution in [0.1, 0.15) is 32.3 Å². The molecule has 0 atom stereocenters. The highest BCUT2D eigenvalue weighted by molar-refractivity contribution is 14.1. The maximum atomic E-state index is 13.0. The number of nitrogens with zero attached hydrogens (tertiary/aromatic N) is 4. The van der Waals surface area contributed by atoms with Crippen LogP contribution >= 0.6 is 22.6 Å². The second-order valence-electron chi connectivity index (χ2n) is 6.02. The number of hydrogen-bond acceptors (Lipinski definition) is 3. The van der Waals surface area contributed by atoms with Gasteiger partial charge in [-0.3, -0.25) is 13.9 Å². The fourth-order valence-corrected chi connectivity index (χ4v) is 3.66. The van der Waals surface area contributed by atoms with E-state index in [-0.39, 0.29) is 11.2 Å². The van der Waals surface area contributed by atoms with Crippen molar-refractivity contribution in [3.8, 4) is 0 Å². The minimum atomic E-state index is -0.262. The van der Waals surface area contributed by atoms with Crippen LogP contribution in [0.2, 0.25) is 0 Å². The predicted molar refractivity (Wildman–Crippen MR) is 107 cm³/mol. The van der Waals surface area contributed by atoms with Gasteiger partial charge in [0.15, 0.2) is 15.0 Å². The molecule has 0 aliphatic heterocycles. The summed E-state index contributed by atoms with van der Waals surface area (Å²) in [4.78, 5) is 30.3. The molecule has 132 valence electrons. The van der Waals surface area contributed by atoms with Gasteiger partial charge < -0.3 is 4.57 Å². The topological polar surface area (TPSA) is 61.8 Å². The van der Waals surface area contributed by atoms with Crippen LogP contribution in [0.4, 0.5) is 0 Å². The Labute approximate surface area is 159 Å². The average molecular weight is 452 g/mol. The zero-order chi connectivity index (χ0) is 18.0. The lowest BCUT2D eigenvalue weighted by Crippen LogP contribution is -2.40. The molecule has 25 heavy (non-hydrogen) atoms. The van der Waals surface area contributed by atoms with Crippen LogP contribution in [-0.4, -0.2) is 18.7 Å². The number of imidazole rings is 1. The number of benzene rings is 1. The van der Waals surface area contributed by atoms with Crippen LogP contribution in [0.5, 0.6) is 0 Å². The molecular formula is C18H21IN4O2. The zero-order valence-electron chi connectivity index (χ0n) is 14.4. The predicted octanol–water partition coefficient (Wildman–Crippen LogP) is 2.83. The largest absolute Gasteiger partial charge is 0.332 e. The lowest BCUT2D eigenvalue weighted by molar-refractivity contribution is 0.554. The van der Waals surface area contributed by atoms with Gasteiger partial charge in [0.1, 0.15) is 0 Å². The minimum absolute atomic E-state index is 0.249. The molecule has 2 aromatic heterocycles. The molecule has 0 amide bonds. The Balaban J connectivity index is 2.30. The van der Waals surface area contributed by atoms with Gasteiger partial charge in [-0.25, -0.2) is 9.78 Å². The monoisotopic (exact) mass is 452 g/mol. The molecule has 0 N–H and O–H groups in total. The van der Waals surface area contributed by atoms with Gasteiger partial charge in [-0.1, -0.05) is 44.2 Å². The average Bonchev–Trinajstić information content (AvgIpc) is 2.93. The van der Waals surface area contributed by atoms with Gasteiger partial charge in [0.05, 0.1) is 6.54 Å². The third-order valence-corrected chi connectivity index (χ3v) is 4.97. The highest BCUT2D eigenvalue weighted by atomic mass is 127. The highest BCUT2D eigenvalue weighted by Gasteiger charge is 2.20. The standard InChI is InChI=1S/C18H21IN4O2/c1-3-10-21-15-14(16(24)22(11-4-2)18(21)25)23(17(19)20-15)12-13-8-6-5-7-9-13/h5-9H,3-4,10-12H2,1-2H3. The smallest absolute Gasteiger partial charge is 0.309 e. The number of aromatic nitrogens is 4. The molecule has 7 heteroatoms. The summed E-state index contributed by atoms with van der Waals surface area (Å²) in [5, 5.41) is 0. The van der Waals surface area contributed by atoms with Gasteiger partial charge in [0.2, 0.25) is 0 Å². The lowest BCUT2D eigenvalue weighted by atomic mass is 10.2. The van der Waals surface area contributed by atoms with Crippen molar-refractivity contribution in [1.82, 2.24) is 18.7 Å². The molecule has 2 heterocycles. The molecular weight excluding hydrogens is 431 g/mol. The SMILES string of the molecule is CCCn1c(=O)c2c(nc(I)n2Cc2ccccc2)n(CCC)c1=O. The van der Waals surface area contributed by atoms with Crippen molar-refractivity contribution in [2.45, 2.75) is 46.3 Å². The Hall–Kier alpha value is -1.90. The van der Waals surface area contributed by atoms with E-state index in [2.05, 4.69) is 27.6 Å². The molecule has 0 saturated carbocycles. The molecule has 0 radical (unpaired) electrons. The normalized spacial score (nSPS) is 11.3. The summed E-state index contributed by atoms with van der Waals surface area (Å²) in [7, 11) is 0. The van der Waals surface area contributed by atoms with Crippen LogP contribution < -0.4 is 11.2 Å². The lowest BCUT2D eigenvalue weighted by Gasteiger charge is -2.11. The van der Waals surface area contributed by atoms with Gasteiger partial charge in [-0.2, -0.15) is 0 Å². The first kappa shape index (κ1) is 17.9. The van der Waals surface area contributed by atoms with Crippen LogP contribution in [0.15, 0.2) is 39.9 Å². The second-order valence-corrected chi connectivity index (χ2v) is 6.98. The molecule has 0 bridgehead atoms. The number of rotatable bonds is 6. The van der Waals surface area contributed by atoms with Crippen molar-refractivity contribution in [2.24, 2.45) is 0 Å². The maximum Gasteiger partial charge on any atom is 0.332 e. The molecule has 6 nitrogen and oxygen atoms in total. The van der Waals surface area contributed by atoms with E-state index in [1.165, 1.54) is 4.57 Å². The molecule has 0 aliphatic carbocycles. The molecule has 0 unspecified atom stereocenters. The third-order valence-electron chi connectivity index (χ3n) is 4.15. The van der Waals surface area contributed by atoms with E-state index in [1.807, 2.05) is 48.7 Å². The number of fused-ring (bicyclic) bond motifs is 1. The highest BCUT2D eigenvalue weighted by Crippen LogP contribution is 2.16. The van der Waals surface area contributed by atoms with Crippen LogP contribution in [0.3, 0.4) is 0 Å². The molecule has 0 aliphatic rings. The Morgan fingerprint density at radius 3 is 2.24 bits per heavy atom. The Bertz CT molecular complexity index is 1000. The van der Waals surface area contributed by atoms with Crippen molar-refractivity contribution in [2.75, 3.05) is 0 Å². The third kappa shape index (κ3) is 3.29. The van der Waals surface area contributed by atoms with Crippen molar-refractivity contribution >= 4 is 33.8 Å². The van der Waals surface area contributed by atoms with Gasteiger partial charge in [0, 0.05) is 35.7 Å². The summed E-state index contributed by atoms with van der Waals surface area (Å²) >= 11 is 2.14. The van der Waals surface area contributed by atoms with Crippen LogP contribution in [0.25, 0.3) is 11.2 Å². The minimum Gasteiger partial charge on any atom is -0.309 e. The molecule has 0 spiro atoms. The van der Waals surface area contributed by atoms with E-state index >= 15 is 0 Å². The van der Waals surface area contributed by atoms with Gasteiger partial charge >= 0.3 is 5.69 Å². The quantitative estimate of drug-likeness (QED) is 0.427.